The van der Waals surface area contributed by atoms with Crippen molar-refractivity contribution in [3.05, 3.63) is 69.7 Å². The summed E-state index contributed by atoms with van der Waals surface area (Å²) in [6.07, 6.45) is -3.07. The first-order chi connectivity index (χ1) is 13.3. The number of aliphatic hydroxyl groups excluding tert-OH is 1. The SMILES string of the molecule is O=C(OC[C@H]1SC(O)[C@@H](F)[C@@H]1OC(=O)c1ccc(Cl)cc1)c1ccc(Cl)cc1. The van der Waals surface area contributed by atoms with Crippen molar-refractivity contribution in [1.82, 2.24) is 0 Å². The normalized spacial score (nSPS) is 24.0. The second kappa shape index (κ2) is 9.13. The maximum atomic E-state index is 14.3. The van der Waals surface area contributed by atoms with E-state index in [0.717, 1.165) is 11.8 Å². The Morgan fingerprint density at radius 3 is 2.00 bits per heavy atom. The van der Waals surface area contributed by atoms with Crippen molar-refractivity contribution in [2.24, 2.45) is 0 Å². The van der Waals surface area contributed by atoms with E-state index in [2.05, 4.69) is 0 Å². The molecule has 0 aliphatic carbocycles. The Balaban J connectivity index is 1.63. The molecule has 0 aromatic heterocycles. The lowest BCUT2D eigenvalue weighted by Crippen LogP contribution is -2.36. The van der Waals surface area contributed by atoms with Gasteiger partial charge in [0.2, 0.25) is 0 Å². The molecule has 1 aliphatic heterocycles. The first-order valence-corrected chi connectivity index (χ1v) is 9.92. The maximum Gasteiger partial charge on any atom is 0.338 e. The predicted octanol–water partition coefficient (Wildman–Crippen LogP) is 4.15. The van der Waals surface area contributed by atoms with Crippen LogP contribution in [0.2, 0.25) is 10.0 Å². The first-order valence-electron chi connectivity index (χ1n) is 8.22. The second-order valence-electron chi connectivity index (χ2n) is 5.99. The van der Waals surface area contributed by atoms with Gasteiger partial charge in [0.1, 0.15) is 12.0 Å². The van der Waals surface area contributed by atoms with Crippen molar-refractivity contribution in [3.63, 3.8) is 0 Å². The van der Waals surface area contributed by atoms with Gasteiger partial charge in [0.05, 0.1) is 16.4 Å². The van der Waals surface area contributed by atoms with Gasteiger partial charge in [-0.15, -0.1) is 11.8 Å². The third-order valence-corrected chi connectivity index (χ3v) is 5.85. The van der Waals surface area contributed by atoms with Crippen molar-refractivity contribution in [3.8, 4) is 0 Å². The quantitative estimate of drug-likeness (QED) is 0.698. The van der Waals surface area contributed by atoms with E-state index in [4.69, 9.17) is 32.7 Å². The minimum absolute atomic E-state index is 0.194. The van der Waals surface area contributed by atoms with Crippen LogP contribution in [-0.2, 0) is 9.47 Å². The molecule has 0 radical (unpaired) electrons. The summed E-state index contributed by atoms with van der Waals surface area (Å²) in [6, 6.07) is 12.0. The van der Waals surface area contributed by atoms with Gasteiger partial charge < -0.3 is 14.6 Å². The minimum Gasteiger partial charge on any atom is -0.461 e. The van der Waals surface area contributed by atoms with Crippen LogP contribution in [0.1, 0.15) is 20.7 Å². The van der Waals surface area contributed by atoms with Gasteiger partial charge in [-0.25, -0.2) is 14.0 Å². The number of hydrogen-bond donors (Lipinski definition) is 1. The van der Waals surface area contributed by atoms with Crippen molar-refractivity contribution < 1.29 is 28.6 Å². The number of rotatable bonds is 5. The third kappa shape index (κ3) is 4.97. The predicted molar refractivity (Wildman–Crippen MR) is 105 cm³/mol. The van der Waals surface area contributed by atoms with Crippen LogP contribution in [0, 0.1) is 0 Å². The zero-order chi connectivity index (χ0) is 20.3. The molecule has 1 aliphatic rings. The second-order valence-corrected chi connectivity index (χ2v) is 8.23. The number of carbonyl (C=O) groups excluding carboxylic acids is 2. The zero-order valence-electron chi connectivity index (χ0n) is 14.3. The van der Waals surface area contributed by atoms with E-state index < -0.39 is 34.9 Å². The van der Waals surface area contributed by atoms with Crippen LogP contribution in [0.15, 0.2) is 48.5 Å². The number of thioether (sulfide) groups is 1. The molecule has 0 saturated carbocycles. The van der Waals surface area contributed by atoms with Crippen LogP contribution in [0.4, 0.5) is 4.39 Å². The lowest BCUT2D eigenvalue weighted by molar-refractivity contribution is -0.0112. The van der Waals surface area contributed by atoms with E-state index in [0.29, 0.717) is 10.0 Å². The highest BCUT2D eigenvalue weighted by atomic mass is 35.5. The fraction of sp³-hybridized carbons (Fsp3) is 0.263. The molecule has 148 valence electrons. The number of alkyl halides is 1. The highest BCUT2D eigenvalue weighted by molar-refractivity contribution is 8.00. The molecule has 2 aromatic carbocycles. The minimum atomic E-state index is -1.81. The fourth-order valence-corrected chi connectivity index (χ4v) is 4.00. The summed E-state index contributed by atoms with van der Waals surface area (Å²) in [7, 11) is 0. The summed E-state index contributed by atoms with van der Waals surface area (Å²) in [5.74, 6) is -1.38. The number of hydrogen-bond acceptors (Lipinski definition) is 6. The summed E-state index contributed by atoms with van der Waals surface area (Å²) < 4.78 is 24.8. The Bertz CT molecular complexity index is 846. The van der Waals surface area contributed by atoms with E-state index in [1.165, 1.54) is 36.4 Å². The number of halogens is 3. The van der Waals surface area contributed by atoms with Gasteiger partial charge in [0, 0.05) is 10.0 Å². The molecule has 28 heavy (non-hydrogen) atoms. The summed E-state index contributed by atoms with van der Waals surface area (Å²) >= 11 is 12.4. The topological polar surface area (TPSA) is 72.8 Å². The summed E-state index contributed by atoms with van der Waals surface area (Å²) in [5.41, 5.74) is -0.915. The van der Waals surface area contributed by atoms with Crippen molar-refractivity contribution in [2.75, 3.05) is 6.61 Å². The van der Waals surface area contributed by atoms with Gasteiger partial charge in [-0.1, -0.05) is 23.2 Å². The van der Waals surface area contributed by atoms with E-state index in [1.807, 2.05) is 0 Å². The van der Waals surface area contributed by atoms with Crippen LogP contribution >= 0.6 is 35.0 Å². The molecule has 1 fully saturated rings. The summed E-state index contributed by atoms with van der Waals surface area (Å²) in [6.45, 7) is -0.234. The average Bonchev–Trinajstić information content (AvgIpc) is 2.95. The van der Waals surface area contributed by atoms with Gasteiger partial charge in [0.15, 0.2) is 12.3 Å². The first kappa shape index (κ1) is 20.9. The summed E-state index contributed by atoms with van der Waals surface area (Å²) in [5, 5.41) is 9.96. The molecule has 1 N–H and O–H groups in total. The Hall–Kier alpha value is -1.80. The molecule has 0 amide bonds. The standard InChI is InChI=1S/C19H15Cl2FO5S/c20-12-5-1-10(2-6-12)17(23)26-9-14-16(15(22)19(25)28-14)27-18(24)11-3-7-13(21)8-4-11/h1-8,14-16,19,25H,9H2/t14-,15+,16-,19?/m1/s1. The number of esters is 2. The number of benzene rings is 2. The molecule has 1 saturated heterocycles. The zero-order valence-corrected chi connectivity index (χ0v) is 16.6. The molecule has 9 heteroatoms. The Morgan fingerprint density at radius 1 is 0.964 bits per heavy atom. The molecule has 4 atom stereocenters. The highest BCUT2D eigenvalue weighted by Crippen LogP contribution is 2.37. The molecule has 0 bridgehead atoms. The lowest BCUT2D eigenvalue weighted by atomic mass is 10.1. The average molecular weight is 445 g/mol. The lowest BCUT2D eigenvalue weighted by Gasteiger charge is -2.20. The van der Waals surface area contributed by atoms with E-state index in [-0.39, 0.29) is 17.7 Å². The fourth-order valence-electron chi connectivity index (χ4n) is 2.58. The van der Waals surface area contributed by atoms with Gasteiger partial charge in [-0.2, -0.15) is 0 Å². The van der Waals surface area contributed by atoms with E-state index >= 15 is 0 Å². The smallest absolute Gasteiger partial charge is 0.338 e. The number of aliphatic hydroxyl groups is 1. The third-order valence-electron chi connectivity index (χ3n) is 4.05. The maximum absolute atomic E-state index is 14.3. The van der Waals surface area contributed by atoms with E-state index in [1.54, 1.807) is 12.1 Å². The molecule has 2 aromatic rings. The van der Waals surface area contributed by atoms with Crippen molar-refractivity contribution >= 4 is 46.9 Å². The molecular weight excluding hydrogens is 430 g/mol. The molecule has 3 rings (SSSR count). The molecule has 0 spiro atoms. The van der Waals surface area contributed by atoms with Crippen LogP contribution in [0.25, 0.3) is 0 Å². The molecule has 1 heterocycles. The molecule has 5 nitrogen and oxygen atoms in total. The van der Waals surface area contributed by atoms with Crippen molar-refractivity contribution in [2.45, 2.75) is 23.0 Å². The van der Waals surface area contributed by atoms with Crippen LogP contribution < -0.4 is 0 Å². The van der Waals surface area contributed by atoms with Crippen LogP contribution in [-0.4, -0.2) is 46.6 Å². The summed E-state index contributed by atoms with van der Waals surface area (Å²) in [4.78, 5) is 24.4. The van der Waals surface area contributed by atoms with Crippen molar-refractivity contribution in [1.29, 1.82) is 0 Å². The van der Waals surface area contributed by atoms with Crippen LogP contribution in [0.5, 0.6) is 0 Å². The Morgan fingerprint density at radius 2 is 1.46 bits per heavy atom. The van der Waals surface area contributed by atoms with Gasteiger partial charge in [0.25, 0.3) is 0 Å². The molecule has 1 unspecified atom stereocenters. The largest absolute Gasteiger partial charge is 0.461 e. The van der Waals surface area contributed by atoms with Gasteiger partial charge >= 0.3 is 11.9 Å². The Labute approximate surface area is 174 Å². The number of ether oxygens (including phenoxy) is 2. The van der Waals surface area contributed by atoms with E-state index in [9.17, 15) is 19.1 Å². The van der Waals surface area contributed by atoms with Gasteiger partial charge in [-0.3, -0.25) is 0 Å². The molecular formula is C19H15Cl2FO5S. The van der Waals surface area contributed by atoms with Gasteiger partial charge in [-0.05, 0) is 48.5 Å². The number of carbonyl (C=O) groups is 2. The highest BCUT2D eigenvalue weighted by Gasteiger charge is 2.47. The Kier molecular flexibility index (Phi) is 6.82. The monoisotopic (exact) mass is 444 g/mol. The van der Waals surface area contributed by atoms with Crippen LogP contribution in [0.3, 0.4) is 0 Å².